The third kappa shape index (κ3) is 5.27. The lowest BCUT2D eigenvalue weighted by atomic mass is 10.1. The van der Waals surface area contributed by atoms with Gasteiger partial charge in [-0.3, -0.25) is 4.79 Å². The molecule has 0 N–H and O–H groups in total. The summed E-state index contributed by atoms with van der Waals surface area (Å²) in [5.74, 6) is -0.255. The second-order valence-electron chi connectivity index (χ2n) is 4.24. The monoisotopic (exact) mass is 294 g/mol. The maximum absolute atomic E-state index is 11.5. The van der Waals surface area contributed by atoms with E-state index in [1.165, 1.54) is 20.3 Å². The Labute approximate surface area is 123 Å². The van der Waals surface area contributed by atoms with Gasteiger partial charge in [0.2, 0.25) is 0 Å². The van der Waals surface area contributed by atoms with Gasteiger partial charge in [0.25, 0.3) is 0 Å². The molecule has 0 atom stereocenters. The van der Waals surface area contributed by atoms with Crippen molar-refractivity contribution in [3.63, 3.8) is 0 Å². The minimum atomic E-state index is -0.534. The molecule has 0 aliphatic carbocycles. The smallest absolute Gasteiger partial charge is 0.338 e. The number of hydrogen-bond acceptors (Lipinski definition) is 6. The highest BCUT2D eigenvalue weighted by molar-refractivity contribution is 5.88. The number of benzene rings is 1. The van der Waals surface area contributed by atoms with Crippen molar-refractivity contribution in [1.82, 2.24) is 0 Å². The van der Waals surface area contributed by atoms with Crippen LogP contribution in [0.2, 0.25) is 0 Å². The topological polar surface area (TPSA) is 71.1 Å². The van der Waals surface area contributed by atoms with Crippen molar-refractivity contribution in [2.75, 3.05) is 21.0 Å². The minimum Gasteiger partial charge on any atom is -0.469 e. The lowest BCUT2D eigenvalue weighted by molar-refractivity contribution is -0.139. The standard InChI is InChI=1S/C15H18O6/c1-10(2)15(17)21-12-6-5-11(7-14(16)19-4)13(8-12)20-9-18-3/h5-6,8H,1,7,9H2,2-4H3. The van der Waals surface area contributed by atoms with Gasteiger partial charge >= 0.3 is 11.9 Å². The fourth-order valence-electron chi connectivity index (χ4n) is 1.42. The van der Waals surface area contributed by atoms with E-state index in [1.807, 2.05) is 0 Å². The van der Waals surface area contributed by atoms with E-state index in [2.05, 4.69) is 11.3 Å². The molecule has 0 aliphatic rings. The van der Waals surface area contributed by atoms with Crippen LogP contribution in [0.15, 0.2) is 30.4 Å². The van der Waals surface area contributed by atoms with E-state index in [1.54, 1.807) is 19.1 Å². The summed E-state index contributed by atoms with van der Waals surface area (Å²) < 4.78 is 19.9. The Balaban J connectivity index is 2.97. The Morgan fingerprint density at radius 2 is 1.95 bits per heavy atom. The number of carbonyl (C=O) groups is 2. The van der Waals surface area contributed by atoms with E-state index in [0.29, 0.717) is 17.1 Å². The van der Waals surface area contributed by atoms with E-state index in [4.69, 9.17) is 14.2 Å². The molecule has 6 heteroatoms. The minimum absolute atomic E-state index is 0.00601. The molecule has 1 aromatic rings. The average molecular weight is 294 g/mol. The number of ether oxygens (including phenoxy) is 4. The van der Waals surface area contributed by atoms with Crippen molar-refractivity contribution >= 4 is 11.9 Å². The van der Waals surface area contributed by atoms with Crippen LogP contribution in [0.25, 0.3) is 0 Å². The number of methoxy groups -OCH3 is 2. The summed E-state index contributed by atoms with van der Waals surface area (Å²) in [6.45, 7) is 5.06. The van der Waals surface area contributed by atoms with E-state index >= 15 is 0 Å². The van der Waals surface area contributed by atoms with Gasteiger partial charge in [-0.05, 0) is 13.0 Å². The van der Waals surface area contributed by atoms with Crippen LogP contribution >= 0.6 is 0 Å². The van der Waals surface area contributed by atoms with E-state index in [-0.39, 0.29) is 18.8 Å². The zero-order chi connectivity index (χ0) is 15.8. The molecule has 0 aliphatic heterocycles. The molecular formula is C15H18O6. The fourth-order valence-corrected chi connectivity index (χ4v) is 1.42. The molecule has 0 aromatic heterocycles. The number of esters is 2. The molecule has 0 spiro atoms. The predicted molar refractivity (Wildman–Crippen MR) is 75.1 cm³/mol. The molecule has 6 nitrogen and oxygen atoms in total. The van der Waals surface area contributed by atoms with Crippen LogP contribution in [0.5, 0.6) is 11.5 Å². The van der Waals surface area contributed by atoms with Gasteiger partial charge in [-0.15, -0.1) is 0 Å². The molecule has 0 saturated carbocycles. The van der Waals surface area contributed by atoms with Gasteiger partial charge in [-0.1, -0.05) is 12.6 Å². The quantitative estimate of drug-likeness (QED) is 0.331. The highest BCUT2D eigenvalue weighted by atomic mass is 16.7. The lowest BCUT2D eigenvalue weighted by Gasteiger charge is -2.12. The number of carbonyl (C=O) groups excluding carboxylic acids is 2. The molecule has 21 heavy (non-hydrogen) atoms. The summed E-state index contributed by atoms with van der Waals surface area (Å²) in [5.41, 5.74) is 0.891. The molecule has 1 aromatic carbocycles. The van der Waals surface area contributed by atoms with Crippen LogP contribution in [0, 0.1) is 0 Å². The molecule has 114 valence electrons. The zero-order valence-electron chi connectivity index (χ0n) is 12.3. The number of rotatable bonds is 7. The first kappa shape index (κ1) is 16.7. The summed E-state index contributed by atoms with van der Waals surface area (Å²) in [7, 11) is 2.78. The molecule has 0 amide bonds. The molecule has 1 rings (SSSR count). The molecule has 0 fully saturated rings. The van der Waals surface area contributed by atoms with Crippen LogP contribution in [0.4, 0.5) is 0 Å². The molecular weight excluding hydrogens is 276 g/mol. The first-order chi connectivity index (χ1) is 9.97. The third-order valence-corrected chi connectivity index (χ3v) is 2.49. The van der Waals surface area contributed by atoms with Crippen molar-refractivity contribution in [3.05, 3.63) is 35.9 Å². The molecule has 0 saturated heterocycles. The highest BCUT2D eigenvalue weighted by Gasteiger charge is 2.13. The average Bonchev–Trinajstić information content (AvgIpc) is 2.46. The van der Waals surface area contributed by atoms with Crippen LogP contribution in [-0.2, 0) is 25.5 Å². The second kappa shape index (κ2) is 8.06. The second-order valence-corrected chi connectivity index (χ2v) is 4.24. The first-order valence-corrected chi connectivity index (χ1v) is 6.17. The molecule has 0 bridgehead atoms. The molecule has 0 heterocycles. The Morgan fingerprint density at radius 3 is 2.52 bits per heavy atom. The Morgan fingerprint density at radius 1 is 1.24 bits per heavy atom. The van der Waals surface area contributed by atoms with Gasteiger partial charge in [-0.25, -0.2) is 4.79 Å². The van der Waals surface area contributed by atoms with E-state index < -0.39 is 11.9 Å². The van der Waals surface area contributed by atoms with Crippen molar-refractivity contribution in [3.8, 4) is 11.5 Å². The molecule has 0 radical (unpaired) electrons. The third-order valence-electron chi connectivity index (χ3n) is 2.49. The summed E-state index contributed by atoms with van der Waals surface area (Å²) >= 11 is 0. The summed E-state index contributed by atoms with van der Waals surface area (Å²) in [4.78, 5) is 22.8. The van der Waals surface area contributed by atoms with Gasteiger partial charge in [-0.2, -0.15) is 0 Å². The van der Waals surface area contributed by atoms with Crippen molar-refractivity contribution in [1.29, 1.82) is 0 Å². The Bertz CT molecular complexity index is 535. The Kier molecular flexibility index (Phi) is 6.42. The van der Waals surface area contributed by atoms with Gasteiger partial charge in [0, 0.05) is 24.3 Å². The van der Waals surface area contributed by atoms with Gasteiger partial charge in [0.15, 0.2) is 6.79 Å². The SMILES string of the molecule is C=C(C)C(=O)Oc1ccc(CC(=O)OC)c(OCOC)c1. The van der Waals surface area contributed by atoms with Crippen molar-refractivity contribution < 1.29 is 28.5 Å². The van der Waals surface area contributed by atoms with E-state index in [9.17, 15) is 9.59 Å². The van der Waals surface area contributed by atoms with Gasteiger partial charge in [0.05, 0.1) is 13.5 Å². The summed E-state index contributed by atoms with van der Waals surface area (Å²) in [5, 5.41) is 0. The largest absolute Gasteiger partial charge is 0.469 e. The van der Waals surface area contributed by atoms with Gasteiger partial charge < -0.3 is 18.9 Å². The normalized spacial score (nSPS) is 9.86. The summed E-state index contributed by atoms with van der Waals surface area (Å²) in [6.07, 6.45) is 0.0459. The fraction of sp³-hybridized carbons (Fsp3) is 0.333. The van der Waals surface area contributed by atoms with Crippen molar-refractivity contribution in [2.45, 2.75) is 13.3 Å². The zero-order valence-corrected chi connectivity index (χ0v) is 12.3. The van der Waals surface area contributed by atoms with E-state index in [0.717, 1.165) is 0 Å². The van der Waals surface area contributed by atoms with Crippen LogP contribution in [-0.4, -0.2) is 33.0 Å². The maximum atomic E-state index is 11.5. The highest BCUT2D eigenvalue weighted by Crippen LogP contribution is 2.26. The predicted octanol–water partition coefficient (Wildman–Crippen LogP) is 1.87. The molecule has 0 unspecified atom stereocenters. The van der Waals surface area contributed by atoms with Gasteiger partial charge in [0.1, 0.15) is 11.5 Å². The Hall–Kier alpha value is -2.34. The lowest BCUT2D eigenvalue weighted by Crippen LogP contribution is -2.10. The maximum Gasteiger partial charge on any atom is 0.338 e. The summed E-state index contributed by atoms with van der Waals surface area (Å²) in [6, 6.07) is 4.71. The van der Waals surface area contributed by atoms with Crippen LogP contribution < -0.4 is 9.47 Å². The van der Waals surface area contributed by atoms with Crippen molar-refractivity contribution in [2.24, 2.45) is 0 Å². The first-order valence-electron chi connectivity index (χ1n) is 6.17. The number of hydrogen-bond donors (Lipinski definition) is 0. The van der Waals surface area contributed by atoms with Crippen LogP contribution in [0.3, 0.4) is 0 Å². The van der Waals surface area contributed by atoms with Crippen LogP contribution in [0.1, 0.15) is 12.5 Å².